The van der Waals surface area contributed by atoms with Crippen molar-refractivity contribution >= 4 is 163 Å². The highest BCUT2D eigenvalue weighted by molar-refractivity contribution is 6.28. The molecular formula is C126H81N3O3. The fourth-order valence-electron chi connectivity index (χ4n) is 20.5. The first-order valence-electron chi connectivity index (χ1n) is 45.1. The van der Waals surface area contributed by atoms with E-state index in [2.05, 4.69) is 458 Å². The predicted molar refractivity (Wildman–Crippen MR) is 555 cm³/mol. The summed E-state index contributed by atoms with van der Waals surface area (Å²) in [7, 11) is 0. The number of hydrogen-bond acceptors (Lipinski definition) is 6. The van der Waals surface area contributed by atoms with E-state index in [1.54, 1.807) is 0 Å². The van der Waals surface area contributed by atoms with Crippen molar-refractivity contribution in [3.63, 3.8) is 0 Å². The molecule has 0 bridgehead atoms. The van der Waals surface area contributed by atoms with Crippen molar-refractivity contribution in [3.05, 3.63) is 453 Å². The van der Waals surface area contributed by atoms with Gasteiger partial charge >= 0.3 is 0 Å². The summed E-state index contributed by atoms with van der Waals surface area (Å²) in [5, 5.41) is 25.1. The molecule has 618 valence electrons. The smallest absolute Gasteiger partial charge is 0.143 e. The van der Waals surface area contributed by atoms with Crippen LogP contribution in [0.2, 0.25) is 0 Å². The minimum absolute atomic E-state index is 0.873. The number of aromatic nitrogens is 3. The fourth-order valence-corrected chi connectivity index (χ4v) is 20.5. The van der Waals surface area contributed by atoms with Gasteiger partial charge in [-0.1, -0.05) is 339 Å². The molecule has 0 unspecified atom stereocenters. The maximum atomic E-state index is 7.08. The molecule has 0 fully saturated rings. The van der Waals surface area contributed by atoms with E-state index >= 15 is 0 Å². The molecule has 0 N–H and O–H groups in total. The SMILES string of the molecule is Cc1ccc2oc3c(-c4cccc(-c5ccc6c7ccccc7c7ccccc7c6n5)c4)cc(C)cc3c2c1.Cc1cccc2c1oc1c(-c3cccc(-c4ccc5c6ccccc6c6ccccc6c5n4)c3)cccc12.c1ccc(-c2cc(-c3ccccc3)c3oc4c(-c5cccc(-c6ccc7c8ccccc8c8ccccc8c7n6)c5)cc(-c5ccccc5)cc4c3c2)cc1. The van der Waals surface area contributed by atoms with Gasteiger partial charge in [0.25, 0.3) is 0 Å². The van der Waals surface area contributed by atoms with Crippen LogP contribution in [0, 0.1) is 20.8 Å². The van der Waals surface area contributed by atoms with Crippen molar-refractivity contribution in [2.45, 2.75) is 20.8 Å². The highest BCUT2D eigenvalue weighted by atomic mass is 16.3. The second kappa shape index (κ2) is 31.7. The van der Waals surface area contributed by atoms with Crippen LogP contribution < -0.4 is 0 Å². The number of pyridine rings is 3. The van der Waals surface area contributed by atoms with E-state index in [-0.39, 0.29) is 0 Å². The first kappa shape index (κ1) is 77.2. The van der Waals surface area contributed by atoms with Crippen molar-refractivity contribution in [2.24, 2.45) is 0 Å². The van der Waals surface area contributed by atoms with Gasteiger partial charge in [-0.2, -0.15) is 0 Å². The lowest BCUT2D eigenvalue weighted by atomic mass is 9.92. The third kappa shape index (κ3) is 13.2. The van der Waals surface area contributed by atoms with Crippen molar-refractivity contribution < 1.29 is 13.3 Å². The lowest BCUT2D eigenvalue weighted by Gasteiger charge is -2.12. The van der Waals surface area contributed by atoms with E-state index in [0.29, 0.717) is 0 Å². The van der Waals surface area contributed by atoms with E-state index in [4.69, 9.17) is 28.2 Å². The normalized spacial score (nSPS) is 11.8. The van der Waals surface area contributed by atoms with Gasteiger partial charge in [-0.15, -0.1) is 0 Å². The average molecular weight is 1690 g/mol. The molecule has 6 nitrogen and oxygen atoms in total. The number of furan rings is 3. The van der Waals surface area contributed by atoms with Gasteiger partial charge in [0.15, 0.2) is 0 Å². The number of hydrogen-bond donors (Lipinski definition) is 0. The number of fused-ring (bicyclic) bond motifs is 27. The van der Waals surface area contributed by atoms with Crippen LogP contribution in [0.5, 0.6) is 0 Å². The van der Waals surface area contributed by atoms with E-state index in [1.807, 2.05) is 0 Å². The van der Waals surface area contributed by atoms with Gasteiger partial charge in [0.1, 0.15) is 33.5 Å². The Kier molecular flexibility index (Phi) is 18.5. The third-order valence-corrected chi connectivity index (χ3v) is 26.7. The Morgan fingerprint density at radius 1 is 0.152 bits per heavy atom. The maximum absolute atomic E-state index is 7.08. The van der Waals surface area contributed by atoms with Gasteiger partial charge in [-0.05, 0) is 228 Å². The maximum Gasteiger partial charge on any atom is 0.143 e. The van der Waals surface area contributed by atoms with Crippen LogP contribution in [0.25, 0.3) is 264 Å². The van der Waals surface area contributed by atoms with Crippen LogP contribution in [0.3, 0.4) is 0 Å². The molecule has 0 spiro atoms. The summed E-state index contributed by atoms with van der Waals surface area (Å²) in [6, 6.07) is 155. The lowest BCUT2D eigenvalue weighted by Crippen LogP contribution is -1.90. The van der Waals surface area contributed by atoms with Crippen LogP contribution in [-0.4, -0.2) is 15.0 Å². The van der Waals surface area contributed by atoms with Crippen LogP contribution >= 0.6 is 0 Å². The Morgan fingerprint density at radius 2 is 0.447 bits per heavy atom. The number of para-hydroxylation sites is 2. The van der Waals surface area contributed by atoms with Gasteiger partial charge in [0.05, 0.1) is 33.6 Å². The summed E-state index contributed by atoms with van der Waals surface area (Å²) in [6.45, 7) is 6.38. The molecule has 0 saturated carbocycles. The fraction of sp³-hybridized carbons (Fsp3) is 0.0238. The van der Waals surface area contributed by atoms with E-state index in [9.17, 15) is 0 Å². The minimum atomic E-state index is 0.873. The Bertz CT molecular complexity index is 9290. The Balaban J connectivity index is 0.000000109. The molecule has 27 aromatic rings. The van der Waals surface area contributed by atoms with Gasteiger partial charge in [-0.3, -0.25) is 0 Å². The zero-order valence-corrected chi connectivity index (χ0v) is 72.6. The van der Waals surface area contributed by atoms with Crippen molar-refractivity contribution in [1.29, 1.82) is 0 Å². The van der Waals surface area contributed by atoms with Gasteiger partial charge in [0.2, 0.25) is 0 Å². The average Bonchev–Trinajstić information content (AvgIpc) is 1.70. The van der Waals surface area contributed by atoms with Gasteiger partial charge in [0, 0.05) is 104 Å². The highest BCUT2D eigenvalue weighted by Crippen LogP contribution is 2.49. The van der Waals surface area contributed by atoms with Gasteiger partial charge < -0.3 is 13.3 Å². The molecule has 0 radical (unpaired) electrons. The van der Waals surface area contributed by atoms with Gasteiger partial charge in [-0.25, -0.2) is 15.0 Å². The lowest BCUT2D eigenvalue weighted by molar-refractivity contribution is 0.667. The van der Waals surface area contributed by atoms with Crippen LogP contribution in [0.15, 0.2) is 450 Å². The number of aryl methyl sites for hydroxylation is 3. The molecule has 0 aliphatic rings. The molecule has 27 rings (SSSR count). The van der Waals surface area contributed by atoms with E-state index in [1.165, 1.54) is 92.1 Å². The molecule has 0 amide bonds. The molecule has 6 heterocycles. The summed E-state index contributed by atoms with van der Waals surface area (Å²) in [5.74, 6) is 0. The Morgan fingerprint density at radius 3 is 0.886 bits per heavy atom. The van der Waals surface area contributed by atoms with Crippen LogP contribution in [0.4, 0.5) is 0 Å². The molecule has 6 aromatic heterocycles. The summed E-state index contributed by atoms with van der Waals surface area (Å²) < 4.78 is 20.0. The number of benzene rings is 21. The van der Waals surface area contributed by atoms with Crippen molar-refractivity contribution in [3.8, 4) is 101 Å². The second-order valence-electron chi connectivity index (χ2n) is 34.8. The van der Waals surface area contributed by atoms with Crippen molar-refractivity contribution in [2.75, 3.05) is 0 Å². The van der Waals surface area contributed by atoms with Crippen LogP contribution in [-0.2, 0) is 0 Å². The molecule has 132 heavy (non-hydrogen) atoms. The molecule has 0 atom stereocenters. The number of nitrogens with zero attached hydrogens (tertiary/aromatic N) is 3. The Labute approximate surface area is 760 Å². The minimum Gasteiger partial charge on any atom is -0.455 e. The second-order valence-corrected chi connectivity index (χ2v) is 34.8. The monoisotopic (exact) mass is 1680 g/mol. The summed E-state index contributed by atoms with van der Waals surface area (Å²) in [6.07, 6.45) is 0. The molecule has 0 aliphatic heterocycles. The highest BCUT2D eigenvalue weighted by Gasteiger charge is 2.24. The first-order chi connectivity index (χ1) is 65.2. The summed E-state index contributed by atoms with van der Waals surface area (Å²) >= 11 is 0. The predicted octanol–water partition coefficient (Wildman–Crippen LogP) is 35.3. The largest absolute Gasteiger partial charge is 0.455 e. The summed E-state index contributed by atoms with van der Waals surface area (Å²) in [5.41, 5.74) is 31.7. The van der Waals surface area contributed by atoms with Crippen molar-refractivity contribution in [1.82, 2.24) is 15.0 Å². The molecular weight excluding hydrogens is 1600 g/mol. The summed E-state index contributed by atoms with van der Waals surface area (Å²) in [4.78, 5) is 15.9. The molecule has 21 aromatic carbocycles. The topological polar surface area (TPSA) is 78.1 Å². The standard InChI is InChI=1S/C53H33NO.C37H25NO.C36H23NO/c1-4-15-34(16-5-1)39-30-46(36-19-8-3-9-20-36)52-48(32-39)49-33-40(35-17-6-2-7-18-35)31-47(53(49)55-52)37-21-14-22-38(29-37)50-28-27-45-43-25-11-10-23-41(43)42-24-12-13-26-44(42)51(45)54-50;1-22-14-17-35-32(18-22)33-20-23(2)19-31(37(33)39-35)24-8-7-9-25(21-24)34-16-15-30-28-12-4-3-10-26(28)27-11-5-6-13-29(27)36(30)38-34;1-22-9-6-17-31-32-18-8-16-25(36(32)38-35(22)31)23-10-7-11-24(21-23)33-20-19-30-28-14-3-2-12-26(28)27-13-4-5-15-29(27)34(30)37-33/h1-33H;3-21H,1-2H3;2-21H,1H3. The number of rotatable bonds is 9. The first-order valence-corrected chi connectivity index (χ1v) is 45.1. The molecule has 6 heteroatoms. The molecule has 0 saturated heterocycles. The van der Waals surface area contributed by atoms with Crippen LogP contribution in [0.1, 0.15) is 16.7 Å². The third-order valence-electron chi connectivity index (χ3n) is 26.7. The zero-order valence-electron chi connectivity index (χ0n) is 72.6. The quantitative estimate of drug-likeness (QED) is 0.134. The molecule has 0 aliphatic carbocycles. The van der Waals surface area contributed by atoms with E-state index < -0.39 is 0 Å². The Hall–Kier alpha value is -17.2. The van der Waals surface area contributed by atoms with E-state index in [0.717, 1.165) is 188 Å². The zero-order chi connectivity index (χ0) is 87.6.